The number of nitrogens with zero attached hydrogens (tertiary/aromatic N) is 10. The molecule has 0 radical (unpaired) electrons. The monoisotopic (exact) mass is 1060 g/mol. The fourth-order valence-electron chi connectivity index (χ4n) is 10.7. The summed E-state index contributed by atoms with van der Waals surface area (Å²) in [5, 5.41) is 15.2. The Morgan fingerprint density at radius 2 is 0.938 bits per heavy atom. The Morgan fingerprint density at radius 3 is 1.34 bits per heavy atom. The molecule has 2 atom stereocenters. The highest BCUT2D eigenvalue weighted by atomic mass is 16.2. The van der Waals surface area contributed by atoms with E-state index in [4.69, 9.17) is 21.4 Å². The van der Waals surface area contributed by atoms with Gasteiger partial charge in [0.25, 0.3) is 22.9 Å². The molecule has 2 aliphatic carbocycles. The summed E-state index contributed by atoms with van der Waals surface area (Å²) in [6, 6.07) is 31.8. The van der Waals surface area contributed by atoms with E-state index in [0.29, 0.717) is 79.1 Å². The number of nitrogens with two attached hydrogens (primary N) is 2. The maximum absolute atomic E-state index is 14.2. The zero-order chi connectivity index (χ0) is 55.3. The van der Waals surface area contributed by atoms with Gasteiger partial charge in [-0.1, -0.05) is 111 Å². The molecule has 6 aromatic heterocycles. The molecule has 400 valence electrons. The van der Waals surface area contributed by atoms with E-state index in [9.17, 15) is 19.2 Å². The van der Waals surface area contributed by atoms with Crippen molar-refractivity contribution in [3.05, 3.63) is 189 Å². The van der Waals surface area contributed by atoms with Crippen LogP contribution in [-0.2, 0) is 0 Å². The molecule has 0 aliphatic heterocycles. The molecule has 0 spiro atoms. The zero-order valence-electron chi connectivity index (χ0n) is 44.3. The lowest BCUT2D eigenvalue weighted by Gasteiger charge is -2.20. The molecule has 2 amide bonds. The van der Waals surface area contributed by atoms with Gasteiger partial charge in [-0.15, -0.1) is 10.2 Å². The number of para-hydroxylation sites is 2. The summed E-state index contributed by atoms with van der Waals surface area (Å²) in [5.41, 5.74) is 16.4. The van der Waals surface area contributed by atoms with Crippen molar-refractivity contribution in [2.45, 2.75) is 90.1 Å². The SMILES string of the molecule is C[C@H](NC(=O)c1c(N)nn2cccnc12)c1nc2cccc(C#CC3CCCCC3)c2c(=O)n1-c1ccccc1.C[C@H](NC(=O)c1c(N)nn2cccnc12)c1nc2cccc(C#CC3CCCCC3)c2c(=O)n1-c1ccccc1. The number of anilines is 2. The summed E-state index contributed by atoms with van der Waals surface area (Å²) >= 11 is 0. The number of fused-ring (bicyclic) bond motifs is 4. The number of carbonyl (C=O) groups is 2. The van der Waals surface area contributed by atoms with Crippen LogP contribution in [0.5, 0.6) is 0 Å². The predicted molar refractivity (Wildman–Crippen MR) is 308 cm³/mol. The molecule has 2 aliphatic rings. The molecule has 2 fully saturated rings. The van der Waals surface area contributed by atoms with E-state index in [-0.39, 0.29) is 33.9 Å². The van der Waals surface area contributed by atoms with Crippen molar-refractivity contribution in [3.8, 4) is 35.1 Å². The molecule has 6 heterocycles. The lowest BCUT2D eigenvalue weighted by Crippen LogP contribution is -2.33. The van der Waals surface area contributed by atoms with Gasteiger partial charge in [-0.3, -0.25) is 28.3 Å². The average molecular weight is 1060 g/mol. The van der Waals surface area contributed by atoms with Crippen LogP contribution in [0.15, 0.2) is 144 Å². The van der Waals surface area contributed by atoms with Crippen LogP contribution in [0.4, 0.5) is 11.6 Å². The molecular formula is C62H58N14O4. The molecule has 6 N–H and O–H groups in total. The lowest BCUT2D eigenvalue weighted by atomic mass is 9.89. The molecule has 10 aromatic rings. The number of hydrogen-bond acceptors (Lipinski definition) is 12. The molecule has 18 heteroatoms. The third kappa shape index (κ3) is 10.6. The van der Waals surface area contributed by atoms with Gasteiger partial charge >= 0.3 is 0 Å². The van der Waals surface area contributed by atoms with Gasteiger partial charge in [-0.25, -0.2) is 29.0 Å². The maximum Gasteiger partial charge on any atom is 0.267 e. The third-order valence-electron chi connectivity index (χ3n) is 14.7. The van der Waals surface area contributed by atoms with E-state index in [1.165, 1.54) is 47.6 Å². The summed E-state index contributed by atoms with van der Waals surface area (Å²) in [4.78, 5) is 73.4. The van der Waals surface area contributed by atoms with Crippen LogP contribution in [0.3, 0.4) is 0 Å². The number of benzene rings is 4. The number of rotatable bonds is 8. The van der Waals surface area contributed by atoms with Gasteiger partial charge in [-0.2, -0.15) is 0 Å². The van der Waals surface area contributed by atoms with Crippen molar-refractivity contribution in [1.82, 2.24) is 58.9 Å². The van der Waals surface area contributed by atoms with E-state index >= 15 is 0 Å². The van der Waals surface area contributed by atoms with Gasteiger partial charge in [-0.05, 0) is 100 Å². The van der Waals surface area contributed by atoms with E-state index in [2.05, 4.69) is 54.5 Å². The molecule has 2 saturated carbocycles. The highest BCUT2D eigenvalue weighted by molar-refractivity contribution is 6.05. The van der Waals surface area contributed by atoms with Crippen molar-refractivity contribution >= 4 is 56.6 Å². The second-order valence-electron chi connectivity index (χ2n) is 20.2. The van der Waals surface area contributed by atoms with E-state index < -0.39 is 23.9 Å². The second-order valence-corrected chi connectivity index (χ2v) is 20.2. The van der Waals surface area contributed by atoms with Gasteiger partial charge in [0.15, 0.2) is 22.9 Å². The molecule has 0 unspecified atom stereocenters. The Balaban J connectivity index is 0.000000169. The lowest BCUT2D eigenvalue weighted by molar-refractivity contribution is 0.0931. The highest BCUT2D eigenvalue weighted by Crippen LogP contribution is 2.27. The predicted octanol–water partition coefficient (Wildman–Crippen LogP) is 8.87. The minimum atomic E-state index is -0.653. The topological polar surface area (TPSA) is 240 Å². The molecule has 0 bridgehead atoms. The van der Waals surface area contributed by atoms with Crippen LogP contribution in [0, 0.1) is 35.5 Å². The minimum Gasteiger partial charge on any atom is -0.381 e. The largest absolute Gasteiger partial charge is 0.381 e. The molecular weight excluding hydrogens is 1000 g/mol. The number of carbonyl (C=O) groups excluding carboxylic acids is 2. The Morgan fingerprint density at radius 1 is 0.537 bits per heavy atom. The van der Waals surface area contributed by atoms with E-state index in [1.807, 2.05) is 97.1 Å². The Bertz CT molecular complexity index is 3950. The zero-order valence-corrected chi connectivity index (χ0v) is 44.3. The highest BCUT2D eigenvalue weighted by Gasteiger charge is 2.27. The second kappa shape index (κ2) is 23.0. The standard InChI is InChI=1S/2C31H29N7O2/c2*1-20(34-30(39)26-27(32)36-37-19-9-18-33-29(26)37)28-35-24-15-8-12-22(17-16-21-10-4-2-5-11-21)25(24)31(40)38(28)23-13-6-3-7-14-23/h2*3,6-9,12-15,18-21H,2,4-5,10-11H2,1H3,(H2,32,36)(H,34,39)/t2*20-/m00/s1. The van der Waals surface area contributed by atoms with Crippen molar-refractivity contribution < 1.29 is 9.59 Å². The molecule has 12 rings (SSSR count). The van der Waals surface area contributed by atoms with E-state index in [1.54, 1.807) is 59.9 Å². The third-order valence-corrected chi connectivity index (χ3v) is 14.7. The quantitative estimate of drug-likeness (QED) is 0.104. The maximum atomic E-state index is 14.2. The fourth-order valence-corrected chi connectivity index (χ4v) is 10.7. The van der Waals surface area contributed by atoms with Crippen molar-refractivity contribution in [3.63, 3.8) is 0 Å². The number of nitrogen functional groups attached to an aromatic ring is 2. The van der Waals surface area contributed by atoms with Gasteiger partial charge in [0, 0.05) is 47.8 Å². The number of hydrogen-bond donors (Lipinski definition) is 4. The molecule has 4 aromatic carbocycles. The number of nitrogens with one attached hydrogen (secondary N) is 2. The normalized spacial score (nSPS) is 14.5. The van der Waals surface area contributed by atoms with Crippen LogP contribution in [0.25, 0.3) is 44.5 Å². The minimum absolute atomic E-state index is 0.0662. The van der Waals surface area contributed by atoms with Crippen LogP contribution in [0.2, 0.25) is 0 Å². The Hall–Kier alpha value is -9.94. The van der Waals surface area contributed by atoms with Crippen LogP contribution >= 0.6 is 0 Å². The average Bonchev–Trinajstić information content (AvgIpc) is 4.10. The number of aromatic nitrogens is 10. The van der Waals surface area contributed by atoms with Crippen LogP contribution in [0.1, 0.15) is 134 Å². The van der Waals surface area contributed by atoms with Gasteiger partial charge in [0.1, 0.15) is 22.8 Å². The van der Waals surface area contributed by atoms with E-state index in [0.717, 1.165) is 25.7 Å². The van der Waals surface area contributed by atoms with Gasteiger partial charge in [0.05, 0.1) is 45.3 Å². The summed E-state index contributed by atoms with van der Waals surface area (Å²) in [7, 11) is 0. The van der Waals surface area contributed by atoms with Crippen LogP contribution < -0.4 is 33.2 Å². The molecule has 0 saturated heterocycles. The molecule has 18 nitrogen and oxygen atoms in total. The number of amides is 2. The summed E-state index contributed by atoms with van der Waals surface area (Å²) in [6.07, 6.45) is 18.2. The first-order valence-electron chi connectivity index (χ1n) is 27.1. The summed E-state index contributed by atoms with van der Waals surface area (Å²) < 4.78 is 6.02. The smallest absolute Gasteiger partial charge is 0.267 e. The first-order chi connectivity index (χ1) is 39.0. The Kier molecular flexibility index (Phi) is 15.0. The summed E-state index contributed by atoms with van der Waals surface area (Å²) in [6.45, 7) is 3.57. The first kappa shape index (κ1) is 52.1. The Labute approximate surface area is 460 Å². The van der Waals surface area contributed by atoms with Gasteiger partial charge < -0.3 is 22.1 Å². The molecule has 80 heavy (non-hydrogen) atoms. The van der Waals surface area contributed by atoms with Crippen LogP contribution in [-0.4, -0.2) is 60.1 Å². The summed E-state index contributed by atoms with van der Waals surface area (Å²) in [5.74, 6) is 14.1. The van der Waals surface area contributed by atoms with Crippen molar-refractivity contribution in [2.75, 3.05) is 11.5 Å². The van der Waals surface area contributed by atoms with Crippen molar-refractivity contribution in [1.29, 1.82) is 0 Å². The first-order valence-corrected chi connectivity index (χ1v) is 27.1. The van der Waals surface area contributed by atoms with Crippen molar-refractivity contribution in [2.24, 2.45) is 11.8 Å². The van der Waals surface area contributed by atoms with Gasteiger partial charge in [0.2, 0.25) is 0 Å². The fraction of sp³-hybridized carbons (Fsp3) is 0.258.